The SMILES string of the molecule is CCOC1Cc2ccccc2C1CC. The lowest BCUT2D eigenvalue weighted by Crippen LogP contribution is -2.17. The summed E-state index contributed by atoms with van der Waals surface area (Å²) >= 11 is 0. The second-order valence-corrected chi connectivity index (χ2v) is 3.91. The molecule has 1 aliphatic carbocycles. The molecule has 14 heavy (non-hydrogen) atoms. The number of hydrogen-bond acceptors (Lipinski definition) is 1. The van der Waals surface area contributed by atoms with Gasteiger partial charge in [-0.25, -0.2) is 0 Å². The Morgan fingerprint density at radius 3 is 2.79 bits per heavy atom. The molecule has 0 saturated heterocycles. The third kappa shape index (κ3) is 1.57. The number of fused-ring (bicyclic) bond motifs is 1. The van der Waals surface area contributed by atoms with E-state index in [-0.39, 0.29) is 0 Å². The van der Waals surface area contributed by atoms with Gasteiger partial charge in [-0.15, -0.1) is 0 Å². The van der Waals surface area contributed by atoms with Gasteiger partial charge in [-0.05, 0) is 30.9 Å². The molecule has 1 heteroatoms. The third-order valence-electron chi connectivity index (χ3n) is 3.15. The van der Waals surface area contributed by atoms with Crippen molar-refractivity contribution in [2.75, 3.05) is 6.61 Å². The van der Waals surface area contributed by atoms with Crippen LogP contribution in [0.2, 0.25) is 0 Å². The van der Waals surface area contributed by atoms with Crippen LogP contribution in [0.5, 0.6) is 0 Å². The van der Waals surface area contributed by atoms with Crippen LogP contribution in [-0.4, -0.2) is 12.7 Å². The summed E-state index contributed by atoms with van der Waals surface area (Å²) < 4.78 is 5.79. The molecule has 1 nitrogen and oxygen atoms in total. The van der Waals surface area contributed by atoms with Gasteiger partial charge < -0.3 is 4.74 Å². The predicted octanol–water partition coefficient (Wildman–Crippen LogP) is 3.14. The van der Waals surface area contributed by atoms with E-state index in [0.29, 0.717) is 12.0 Å². The number of rotatable bonds is 3. The van der Waals surface area contributed by atoms with E-state index in [4.69, 9.17) is 4.74 Å². The smallest absolute Gasteiger partial charge is 0.0683 e. The van der Waals surface area contributed by atoms with Crippen LogP contribution in [0, 0.1) is 0 Å². The van der Waals surface area contributed by atoms with Gasteiger partial charge in [0.1, 0.15) is 0 Å². The van der Waals surface area contributed by atoms with E-state index in [2.05, 4.69) is 38.1 Å². The minimum absolute atomic E-state index is 0.419. The lowest BCUT2D eigenvalue weighted by atomic mass is 9.97. The van der Waals surface area contributed by atoms with E-state index in [1.54, 1.807) is 0 Å². The number of benzene rings is 1. The predicted molar refractivity (Wildman–Crippen MR) is 58.6 cm³/mol. The van der Waals surface area contributed by atoms with Gasteiger partial charge in [-0.3, -0.25) is 0 Å². The molecule has 0 aliphatic heterocycles. The van der Waals surface area contributed by atoms with Crippen molar-refractivity contribution in [3.63, 3.8) is 0 Å². The van der Waals surface area contributed by atoms with Gasteiger partial charge in [0.05, 0.1) is 6.10 Å². The zero-order valence-electron chi connectivity index (χ0n) is 8.99. The highest BCUT2D eigenvalue weighted by atomic mass is 16.5. The average molecular weight is 190 g/mol. The zero-order chi connectivity index (χ0) is 9.97. The summed E-state index contributed by atoms with van der Waals surface area (Å²) in [6.45, 7) is 5.16. The summed E-state index contributed by atoms with van der Waals surface area (Å²) in [5.74, 6) is 0.617. The zero-order valence-corrected chi connectivity index (χ0v) is 8.99. The Balaban J connectivity index is 2.24. The van der Waals surface area contributed by atoms with Crippen LogP contribution in [0.3, 0.4) is 0 Å². The summed E-state index contributed by atoms with van der Waals surface area (Å²) in [7, 11) is 0. The van der Waals surface area contributed by atoms with Gasteiger partial charge in [-0.2, -0.15) is 0 Å². The lowest BCUT2D eigenvalue weighted by molar-refractivity contribution is 0.0507. The third-order valence-corrected chi connectivity index (χ3v) is 3.15. The van der Waals surface area contributed by atoms with Crippen LogP contribution in [0.4, 0.5) is 0 Å². The van der Waals surface area contributed by atoms with E-state index in [0.717, 1.165) is 13.0 Å². The van der Waals surface area contributed by atoms with Gasteiger partial charge in [0.2, 0.25) is 0 Å². The highest BCUT2D eigenvalue weighted by Gasteiger charge is 2.30. The molecular formula is C13H18O. The molecule has 0 spiro atoms. The van der Waals surface area contributed by atoms with Crippen molar-refractivity contribution in [3.05, 3.63) is 35.4 Å². The second kappa shape index (κ2) is 4.14. The molecule has 0 heterocycles. The molecule has 0 aromatic heterocycles. The van der Waals surface area contributed by atoms with Crippen LogP contribution >= 0.6 is 0 Å². The molecule has 0 radical (unpaired) electrons. The quantitative estimate of drug-likeness (QED) is 0.711. The summed E-state index contributed by atoms with van der Waals surface area (Å²) in [5.41, 5.74) is 2.99. The molecule has 0 fully saturated rings. The minimum Gasteiger partial charge on any atom is -0.378 e. The number of ether oxygens (including phenoxy) is 1. The van der Waals surface area contributed by atoms with E-state index < -0.39 is 0 Å². The largest absolute Gasteiger partial charge is 0.378 e. The summed E-state index contributed by atoms with van der Waals surface area (Å²) in [4.78, 5) is 0. The first-order valence-electron chi connectivity index (χ1n) is 5.56. The monoisotopic (exact) mass is 190 g/mol. The first kappa shape index (κ1) is 9.72. The molecule has 1 aromatic carbocycles. The minimum atomic E-state index is 0.419. The van der Waals surface area contributed by atoms with E-state index in [1.807, 2.05) is 0 Å². The molecule has 2 rings (SSSR count). The molecule has 0 bridgehead atoms. The Hall–Kier alpha value is -0.820. The van der Waals surface area contributed by atoms with E-state index in [1.165, 1.54) is 17.5 Å². The molecular weight excluding hydrogens is 172 g/mol. The van der Waals surface area contributed by atoms with Crippen molar-refractivity contribution in [1.29, 1.82) is 0 Å². The van der Waals surface area contributed by atoms with Gasteiger partial charge >= 0.3 is 0 Å². The van der Waals surface area contributed by atoms with Gasteiger partial charge in [0.15, 0.2) is 0 Å². The topological polar surface area (TPSA) is 9.23 Å². The van der Waals surface area contributed by atoms with Crippen molar-refractivity contribution < 1.29 is 4.74 Å². The van der Waals surface area contributed by atoms with Crippen LogP contribution in [-0.2, 0) is 11.2 Å². The maximum atomic E-state index is 5.79. The fraction of sp³-hybridized carbons (Fsp3) is 0.538. The maximum absolute atomic E-state index is 5.79. The van der Waals surface area contributed by atoms with Gasteiger partial charge in [0, 0.05) is 12.5 Å². The standard InChI is InChI=1S/C13H18O/c1-3-11-12-8-6-5-7-10(12)9-13(11)14-4-2/h5-8,11,13H,3-4,9H2,1-2H3. The summed E-state index contributed by atoms with van der Waals surface area (Å²) in [5, 5.41) is 0. The Labute approximate surface area is 86.1 Å². The van der Waals surface area contributed by atoms with Gasteiger partial charge in [-0.1, -0.05) is 31.2 Å². The Morgan fingerprint density at radius 1 is 1.29 bits per heavy atom. The molecule has 76 valence electrons. The fourth-order valence-corrected chi connectivity index (χ4v) is 2.51. The first-order chi connectivity index (χ1) is 6.86. The van der Waals surface area contributed by atoms with Crippen molar-refractivity contribution in [3.8, 4) is 0 Å². The summed E-state index contributed by atoms with van der Waals surface area (Å²) in [6.07, 6.45) is 2.70. The molecule has 1 aromatic rings. The summed E-state index contributed by atoms with van der Waals surface area (Å²) in [6, 6.07) is 8.75. The molecule has 1 aliphatic rings. The maximum Gasteiger partial charge on any atom is 0.0683 e. The highest BCUT2D eigenvalue weighted by molar-refractivity contribution is 5.36. The number of hydrogen-bond donors (Lipinski definition) is 0. The van der Waals surface area contributed by atoms with E-state index in [9.17, 15) is 0 Å². The van der Waals surface area contributed by atoms with Crippen LogP contribution < -0.4 is 0 Å². The van der Waals surface area contributed by atoms with Crippen molar-refractivity contribution in [1.82, 2.24) is 0 Å². The van der Waals surface area contributed by atoms with Crippen LogP contribution in [0.15, 0.2) is 24.3 Å². The Bertz CT molecular complexity index is 306. The average Bonchev–Trinajstić information content (AvgIpc) is 2.55. The molecule has 0 amide bonds. The van der Waals surface area contributed by atoms with Crippen LogP contribution in [0.1, 0.15) is 37.3 Å². The molecule has 2 atom stereocenters. The highest BCUT2D eigenvalue weighted by Crippen LogP contribution is 2.36. The van der Waals surface area contributed by atoms with Crippen molar-refractivity contribution in [2.24, 2.45) is 0 Å². The fourth-order valence-electron chi connectivity index (χ4n) is 2.51. The van der Waals surface area contributed by atoms with Gasteiger partial charge in [0.25, 0.3) is 0 Å². The Kier molecular flexibility index (Phi) is 2.87. The van der Waals surface area contributed by atoms with E-state index >= 15 is 0 Å². The lowest BCUT2D eigenvalue weighted by Gasteiger charge is -2.18. The first-order valence-corrected chi connectivity index (χ1v) is 5.56. The molecule has 0 N–H and O–H groups in total. The molecule has 2 unspecified atom stereocenters. The van der Waals surface area contributed by atoms with Crippen LogP contribution in [0.25, 0.3) is 0 Å². The van der Waals surface area contributed by atoms with Crippen molar-refractivity contribution >= 4 is 0 Å². The molecule has 0 saturated carbocycles. The normalized spacial score (nSPS) is 25.0. The second-order valence-electron chi connectivity index (χ2n) is 3.91. The Morgan fingerprint density at radius 2 is 2.07 bits per heavy atom. The van der Waals surface area contributed by atoms with Crippen molar-refractivity contribution in [2.45, 2.75) is 38.7 Å².